The second-order valence-electron chi connectivity index (χ2n) is 30.4. The molecule has 3 saturated heterocycles. The number of allylic oxidation sites excluding steroid dienone is 1. The van der Waals surface area contributed by atoms with Crippen LogP contribution in [0.1, 0.15) is 138 Å². The number of aliphatic hydroxyl groups is 1. The van der Waals surface area contributed by atoms with Crippen LogP contribution in [-0.2, 0) is 52.0 Å². The van der Waals surface area contributed by atoms with E-state index in [0.29, 0.717) is 75.9 Å². The molecule has 4 aliphatic heterocycles. The fraction of sp³-hybridized carbons (Fsp3) is 0.487. The van der Waals surface area contributed by atoms with E-state index >= 15 is 0 Å². The number of aryl methyl sites for hydroxylation is 2. The van der Waals surface area contributed by atoms with Gasteiger partial charge >= 0.3 is 5.51 Å². The maximum absolute atomic E-state index is 14.7. The van der Waals surface area contributed by atoms with Crippen molar-refractivity contribution in [2.24, 2.45) is 10.8 Å². The highest BCUT2D eigenvalue weighted by atomic mass is 35.5. The number of carbonyl (C=O) groups is 5. The number of carbonyl (C=O) groups excluding carboxylic acids is 5. The van der Waals surface area contributed by atoms with Crippen molar-refractivity contribution >= 4 is 101 Å². The highest BCUT2D eigenvalue weighted by molar-refractivity contribution is 7.99. The average molecular weight is 1550 g/mol. The third kappa shape index (κ3) is 19.9. The van der Waals surface area contributed by atoms with Crippen molar-refractivity contribution in [1.29, 1.82) is 0 Å². The quantitative estimate of drug-likeness (QED) is 0.0237. The van der Waals surface area contributed by atoms with E-state index in [4.69, 9.17) is 11.6 Å². The maximum Gasteiger partial charge on any atom is 0.501 e. The Morgan fingerprint density at radius 2 is 1.52 bits per heavy atom. The molecule has 5 amide bonds. The van der Waals surface area contributed by atoms with E-state index in [1.54, 1.807) is 33.9 Å². The molecule has 106 heavy (non-hydrogen) atoms. The van der Waals surface area contributed by atoms with Crippen LogP contribution in [0.4, 0.5) is 24.5 Å². The first kappa shape index (κ1) is 79.7. The zero-order valence-electron chi connectivity index (χ0n) is 60.9. The average Bonchev–Trinajstić information content (AvgIpc) is 0.947. The number of sulfonamides is 1. The third-order valence-electron chi connectivity index (χ3n) is 20.9. The molecule has 3 fully saturated rings. The molecule has 0 radical (unpaired) electrons. The van der Waals surface area contributed by atoms with Gasteiger partial charge in [0.15, 0.2) is 0 Å². The molecule has 570 valence electrons. The zero-order chi connectivity index (χ0) is 75.9. The van der Waals surface area contributed by atoms with Gasteiger partial charge in [-0.05, 0) is 158 Å². The number of sulfone groups is 1. The molecule has 5 atom stereocenters. The summed E-state index contributed by atoms with van der Waals surface area (Å²) >= 11 is 9.21. The van der Waals surface area contributed by atoms with Gasteiger partial charge in [-0.1, -0.05) is 113 Å². The van der Waals surface area contributed by atoms with Crippen molar-refractivity contribution in [2.75, 3.05) is 81.4 Å². The second kappa shape index (κ2) is 34.0. The van der Waals surface area contributed by atoms with E-state index in [1.807, 2.05) is 99.1 Å². The van der Waals surface area contributed by atoms with Crippen molar-refractivity contribution in [3.05, 3.63) is 159 Å². The van der Waals surface area contributed by atoms with Crippen LogP contribution in [0.25, 0.3) is 16.0 Å². The molecular weight excluding hydrogens is 1460 g/mol. The number of anilines is 2. The van der Waals surface area contributed by atoms with E-state index in [1.165, 1.54) is 39.4 Å². The molecule has 0 bridgehead atoms. The van der Waals surface area contributed by atoms with Crippen molar-refractivity contribution in [2.45, 2.75) is 176 Å². The number of alkyl halides is 3. The number of β-amino-alcohol motifs (C(OH)–C–C–N with tert-alkyl or cyclic N) is 1. The molecule has 20 nitrogen and oxygen atoms in total. The number of fused-ring (bicyclic) bond motifs is 3. The number of unbranched alkanes of at least 4 members (excludes halogenated alkanes) is 2. The first-order chi connectivity index (χ1) is 50.3. The molecule has 1 unspecified atom stereocenters. The lowest BCUT2D eigenvalue weighted by Gasteiger charge is -2.47. The molecule has 5 aliphatic rings. The first-order valence-electron chi connectivity index (χ1n) is 36.4. The fourth-order valence-corrected chi connectivity index (χ4v) is 18.9. The van der Waals surface area contributed by atoms with Crippen LogP contribution < -0.4 is 25.6 Å². The molecule has 0 saturated carbocycles. The van der Waals surface area contributed by atoms with Crippen molar-refractivity contribution in [3.63, 3.8) is 0 Å². The number of hydrogen-bond acceptors (Lipinski definition) is 17. The Balaban J connectivity index is 0.654. The Hall–Kier alpha value is -7.37. The Labute approximate surface area is 633 Å². The number of aromatic nitrogens is 1. The number of nitrogens with zero attached hydrogens (tertiary/aromatic N) is 6. The number of amides is 5. The van der Waals surface area contributed by atoms with Crippen LogP contribution in [0.5, 0.6) is 0 Å². The van der Waals surface area contributed by atoms with Crippen molar-refractivity contribution in [1.82, 2.24) is 39.9 Å². The van der Waals surface area contributed by atoms with Crippen molar-refractivity contribution in [3.8, 4) is 10.4 Å². The van der Waals surface area contributed by atoms with Crippen LogP contribution >= 0.6 is 34.7 Å². The Morgan fingerprint density at radius 1 is 0.811 bits per heavy atom. The van der Waals surface area contributed by atoms with Gasteiger partial charge in [0.2, 0.25) is 23.6 Å². The molecule has 5 heterocycles. The Kier molecular flexibility index (Phi) is 25.6. The van der Waals surface area contributed by atoms with Gasteiger partial charge in [-0.25, -0.2) is 26.5 Å². The lowest BCUT2D eigenvalue weighted by Crippen LogP contribution is -2.57. The van der Waals surface area contributed by atoms with E-state index in [2.05, 4.69) is 61.6 Å². The topological polar surface area (TPSA) is 251 Å². The van der Waals surface area contributed by atoms with E-state index in [9.17, 15) is 59.1 Å². The summed E-state index contributed by atoms with van der Waals surface area (Å²) in [6.07, 6.45) is 5.80. The molecule has 5 N–H and O–H groups in total. The first-order valence-corrected chi connectivity index (χ1v) is 41.6. The monoisotopic (exact) mass is 1550 g/mol. The van der Waals surface area contributed by atoms with Gasteiger partial charge in [0.05, 0.1) is 32.8 Å². The summed E-state index contributed by atoms with van der Waals surface area (Å²) in [6, 6.07) is 30.1. The van der Waals surface area contributed by atoms with E-state index < -0.39 is 88.2 Å². The minimum Gasteiger partial charge on any atom is -0.391 e. The number of thioether (sulfide) groups is 1. The van der Waals surface area contributed by atoms with E-state index in [-0.39, 0.29) is 66.9 Å². The summed E-state index contributed by atoms with van der Waals surface area (Å²) in [6.45, 7) is 17.6. The number of rotatable bonds is 27. The van der Waals surface area contributed by atoms with Gasteiger partial charge < -0.3 is 35.8 Å². The molecule has 28 heteroatoms. The molecule has 0 spiro atoms. The lowest BCUT2D eigenvalue weighted by molar-refractivity contribution is -0.144. The summed E-state index contributed by atoms with van der Waals surface area (Å²) in [7, 11) is -11.1. The summed E-state index contributed by atoms with van der Waals surface area (Å²) < 4.78 is 101. The van der Waals surface area contributed by atoms with Crippen LogP contribution in [0.3, 0.4) is 0 Å². The zero-order valence-corrected chi connectivity index (χ0v) is 64.9. The third-order valence-corrected chi connectivity index (χ3v) is 26.2. The second-order valence-corrected chi connectivity index (χ2v) is 36.4. The largest absolute Gasteiger partial charge is 0.501 e. The van der Waals surface area contributed by atoms with Crippen LogP contribution in [-0.4, -0.2) is 183 Å². The predicted octanol–water partition coefficient (Wildman–Crippen LogP) is 12.2. The lowest BCUT2D eigenvalue weighted by atomic mass is 9.72. The number of thiazole rings is 1. The van der Waals surface area contributed by atoms with Gasteiger partial charge in [0.25, 0.3) is 25.8 Å². The molecule has 6 aromatic rings. The summed E-state index contributed by atoms with van der Waals surface area (Å²) in [5.41, 5.74) is 3.61. The van der Waals surface area contributed by atoms with Crippen LogP contribution in [0.15, 0.2) is 141 Å². The Morgan fingerprint density at radius 3 is 2.22 bits per heavy atom. The van der Waals surface area contributed by atoms with Gasteiger partial charge in [-0.2, -0.15) is 13.2 Å². The highest BCUT2D eigenvalue weighted by Crippen LogP contribution is 2.44. The van der Waals surface area contributed by atoms with Crippen molar-refractivity contribution < 1.29 is 59.1 Å². The highest BCUT2D eigenvalue weighted by Gasteiger charge is 2.49. The van der Waals surface area contributed by atoms with Crippen LogP contribution in [0, 0.1) is 17.8 Å². The Bertz CT molecular complexity index is 4420. The van der Waals surface area contributed by atoms with Crippen LogP contribution in [0.2, 0.25) is 5.02 Å². The molecule has 5 aromatic carbocycles. The van der Waals surface area contributed by atoms with Gasteiger partial charge in [-0.3, -0.25) is 33.8 Å². The number of halogens is 4. The molecule has 1 aromatic heterocycles. The summed E-state index contributed by atoms with van der Waals surface area (Å²) in [4.78, 5) is 82.9. The smallest absolute Gasteiger partial charge is 0.391 e. The number of aliphatic hydroxyl groups excluding tert-OH is 1. The predicted molar refractivity (Wildman–Crippen MR) is 410 cm³/mol. The molecular formula is C78H96ClF3N10O10S4. The number of piperazine rings is 2. The van der Waals surface area contributed by atoms with Gasteiger partial charge in [0, 0.05) is 130 Å². The minimum atomic E-state index is -6.19. The van der Waals surface area contributed by atoms with Gasteiger partial charge in [0.1, 0.15) is 17.0 Å². The number of benzene rings is 5. The fourth-order valence-electron chi connectivity index (χ4n) is 15.0. The SMILES string of the molecule is Cc1ncsc1-c1ccc(CNC(=O)[C@@H]2C[C@@H](O)CN2C(=O)[C@@H](NC(=O)CCCCCC(=O)N2CCN(CC[C@H](CSc3ccccc3)Nc3ccc(S(=O)(=O)NC(=O)c4ccc5c(c4)CCC4CN(CC6=C(c7ccc(Cl)cc7)CCC(C)(C)C6)CCN54)cc3S(=O)(=O)C(F)(F)F)CC2)C(C)(C)C)cc1. The number of hydrogen-bond donors (Lipinski definition) is 5. The normalized spacial score (nSPS) is 19.4. The minimum absolute atomic E-state index is 0.0167. The number of nitrogens with one attached hydrogen (secondary N) is 4. The standard InChI is InChI=1S/C78H96ClF3N10O10S4/c1-51-71(104-50-84-51)54-19-17-52(18-20-54)45-83-74(97)67-42-61(93)48-92(67)75(98)72(76(2,3)4)86-69(94)15-11-8-12-16-70(95)90-38-35-88(36-39-90)34-32-59(49-103-62-13-9-7-10-14-62)85-65-29-28-63(43-68(65)105(99,100)78(80,81)82)106(101,102)87-73(96)56-24-30-66-55(41-56)23-27-60-47-89(37-40-91(60)66)46-57-44-77(5,6)33-31-64(57)53-21-25-58(79)26-22-53/h7,9-10,13-14,17-22,24-26,28-30,41,43,50,59-61,67,72,85,93H,8,11-12,15-16,23,27,31-40,42,44-49H2,1-6H3,(H,83,97)(H,86,94)(H,87,96)/t59-,60?,61-,67+,72-/m1/s1. The summed E-state index contributed by atoms with van der Waals surface area (Å²) in [5, 5.41) is 20.3. The summed E-state index contributed by atoms with van der Waals surface area (Å²) in [5.74, 6) is -2.05. The van der Waals surface area contributed by atoms with Gasteiger partial charge in [-0.15, -0.1) is 23.1 Å². The van der Waals surface area contributed by atoms with E-state index in [0.717, 1.165) is 102 Å². The maximum atomic E-state index is 14.7. The molecule has 1 aliphatic carbocycles. The number of likely N-dealkylation sites (tertiary alicyclic amines) is 1. The molecule has 11 rings (SSSR count).